The Morgan fingerprint density at radius 1 is 1.32 bits per heavy atom. The average molecular weight is 260 g/mol. The lowest BCUT2D eigenvalue weighted by molar-refractivity contribution is 0.00632. The Morgan fingerprint density at radius 2 is 2.05 bits per heavy atom. The maximum Gasteiger partial charge on any atom is 0.0858 e. The second kappa shape index (κ2) is 4.94. The molecule has 4 nitrogen and oxygen atoms in total. The number of hydrogen-bond donors (Lipinski definition) is 2. The number of aliphatic hydroxyl groups excluding tert-OH is 2. The van der Waals surface area contributed by atoms with E-state index in [1.165, 1.54) is 0 Å². The molecule has 1 aromatic heterocycles. The smallest absolute Gasteiger partial charge is 0.0858 e. The first-order valence-corrected chi connectivity index (χ1v) is 7.01. The highest BCUT2D eigenvalue weighted by atomic mass is 16.3. The fourth-order valence-corrected chi connectivity index (χ4v) is 2.66. The van der Waals surface area contributed by atoms with E-state index in [9.17, 15) is 10.2 Å². The maximum absolute atomic E-state index is 10.1. The third-order valence-electron chi connectivity index (χ3n) is 3.94. The van der Waals surface area contributed by atoms with Gasteiger partial charge in [0, 0.05) is 18.4 Å². The molecule has 1 heterocycles. The molecule has 1 saturated carbocycles. The van der Waals surface area contributed by atoms with Crippen molar-refractivity contribution in [2.45, 2.75) is 44.9 Å². The van der Waals surface area contributed by atoms with E-state index in [-0.39, 0.29) is 5.92 Å². The minimum atomic E-state index is -0.712. The van der Waals surface area contributed by atoms with E-state index in [4.69, 9.17) is 0 Å². The molecule has 0 aliphatic heterocycles. The van der Waals surface area contributed by atoms with Gasteiger partial charge in [0.2, 0.25) is 0 Å². The van der Waals surface area contributed by atoms with E-state index in [0.717, 1.165) is 36.0 Å². The van der Waals surface area contributed by atoms with Crippen LogP contribution in [-0.2, 0) is 13.0 Å². The molecule has 2 atom stereocenters. The molecule has 0 bridgehead atoms. The molecule has 19 heavy (non-hydrogen) atoms. The largest absolute Gasteiger partial charge is 0.390 e. The molecular formula is C15H20N2O2. The number of rotatable bonds is 5. The summed E-state index contributed by atoms with van der Waals surface area (Å²) in [5, 5.41) is 25.7. The van der Waals surface area contributed by atoms with Crippen molar-refractivity contribution in [2.24, 2.45) is 5.92 Å². The predicted molar refractivity (Wildman–Crippen MR) is 73.8 cm³/mol. The summed E-state index contributed by atoms with van der Waals surface area (Å²) < 4.78 is 1.95. The first kappa shape index (κ1) is 12.6. The zero-order valence-corrected chi connectivity index (χ0v) is 11.2. The zero-order chi connectivity index (χ0) is 13.4. The first-order chi connectivity index (χ1) is 9.20. The van der Waals surface area contributed by atoms with Crippen LogP contribution in [-0.4, -0.2) is 32.2 Å². The quantitative estimate of drug-likeness (QED) is 0.860. The number of para-hydroxylation sites is 1. The van der Waals surface area contributed by atoms with Crippen LogP contribution < -0.4 is 0 Å². The summed E-state index contributed by atoms with van der Waals surface area (Å²) in [4.78, 5) is 0. The molecule has 1 aliphatic rings. The van der Waals surface area contributed by atoms with E-state index < -0.39 is 12.2 Å². The number of aryl methyl sites for hydroxylation is 1. The highest BCUT2D eigenvalue weighted by Crippen LogP contribution is 2.34. The first-order valence-electron chi connectivity index (χ1n) is 7.01. The van der Waals surface area contributed by atoms with Gasteiger partial charge < -0.3 is 10.2 Å². The van der Waals surface area contributed by atoms with Gasteiger partial charge in [-0.1, -0.05) is 18.2 Å². The lowest BCUT2D eigenvalue weighted by Gasteiger charge is -2.16. The van der Waals surface area contributed by atoms with E-state index in [1.807, 2.05) is 28.9 Å². The van der Waals surface area contributed by atoms with Crippen LogP contribution in [0.4, 0.5) is 0 Å². The normalized spacial score (nSPS) is 18.7. The highest BCUT2D eigenvalue weighted by Gasteiger charge is 2.34. The molecule has 0 radical (unpaired) electrons. The van der Waals surface area contributed by atoms with E-state index in [0.29, 0.717) is 6.42 Å². The predicted octanol–water partition coefficient (Wildman–Crippen LogP) is 1.73. The summed E-state index contributed by atoms with van der Waals surface area (Å²) in [6.45, 7) is 2.86. The number of fused-ring (bicyclic) bond motifs is 1. The Kier molecular flexibility index (Phi) is 3.29. The fraction of sp³-hybridized carbons (Fsp3) is 0.533. The van der Waals surface area contributed by atoms with Crippen LogP contribution in [0.3, 0.4) is 0 Å². The van der Waals surface area contributed by atoms with Gasteiger partial charge in [0.05, 0.1) is 23.4 Å². The second-order valence-electron chi connectivity index (χ2n) is 5.38. The molecular weight excluding hydrogens is 240 g/mol. The van der Waals surface area contributed by atoms with Gasteiger partial charge >= 0.3 is 0 Å². The number of hydrogen-bond acceptors (Lipinski definition) is 3. The third kappa shape index (κ3) is 2.38. The number of nitrogens with zero attached hydrogens (tertiary/aromatic N) is 2. The third-order valence-corrected chi connectivity index (χ3v) is 3.94. The summed E-state index contributed by atoms with van der Waals surface area (Å²) in [5.41, 5.74) is 1.97. The molecule has 2 N–H and O–H groups in total. The lowest BCUT2D eigenvalue weighted by atomic mass is 10.0. The van der Waals surface area contributed by atoms with Gasteiger partial charge in [-0.3, -0.25) is 4.68 Å². The summed E-state index contributed by atoms with van der Waals surface area (Å²) in [7, 11) is 0. The molecule has 2 aromatic rings. The number of aromatic nitrogens is 2. The van der Waals surface area contributed by atoms with Crippen LogP contribution in [0.2, 0.25) is 0 Å². The van der Waals surface area contributed by atoms with Crippen molar-refractivity contribution in [3.8, 4) is 0 Å². The topological polar surface area (TPSA) is 58.3 Å². The summed E-state index contributed by atoms with van der Waals surface area (Å²) in [5.74, 6) is 0.287. The second-order valence-corrected chi connectivity index (χ2v) is 5.38. The van der Waals surface area contributed by atoms with Crippen LogP contribution in [0.5, 0.6) is 0 Å². The van der Waals surface area contributed by atoms with Gasteiger partial charge in [-0.2, -0.15) is 5.10 Å². The SMILES string of the molecule is CCn1nc(CC(O)C(O)C2CC2)c2ccccc21. The minimum absolute atomic E-state index is 0.287. The molecule has 1 aliphatic carbocycles. The molecule has 0 saturated heterocycles. The molecule has 0 spiro atoms. The van der Waals surface area contributed by atoms with E-state index in [1.54, 1.807) is 0 Å². The van der Waals surface area contributed by atoms with Crippen molar-refractivity contribution in [3.05, 3.63) is 30.0 Å². The molecule has 102 valence electrons. The van der Waals surface area contributed by atoms with Crippen molar-refractivity contribution < 1.29 is 10.2 Å². The Balaban J connectivity index is 1.87. The van der Waals surface area contributed by atoms with Crippen molar-refractivity contribution in [1.29, 1.82) is 0 Å². The lowest BCUT2D eigenvalue weighted by Crippen LogP contribution is -2.30. The maximum atomic E-state index is 10.1. The summed E-state index contributed by atoms with van der Waals surface area (Å²) in [6, 6.07) is 8.05. The van der Waals surface area contributed by atoms with E-state index in [2.05, 4.69) is 12.0 Å². The zero-order valence-electron chi connectivity index (χ0n) is 11.2. The molecule has 1 fully saturated rings. The fourth-order valence-electron chi connectivity index (χ4n) is 2.66. The number of benzene rings is 1. The van der Waals surface area contributed by atoms with Gasteiger partial charge in [0.1, 0.15) is 0 Å². The highest BCUT2D eigenvalue weighted by molar-refractivity contribution is 5.82. The standard InChI is InChI=1S/C15H20N2O2/c1-2-17-13-6-4-3-5-11(13)12(16-17)9-14(18)15(19)10-7-8-10/h3-6,10,14-15,18-19H,2,7-9H2,1H3. The molecule has 1 aromatic carbocycles. The van der Waals surface area contributed by atoms with Crippen molar-refractivity contribution in [1.82, 2.24) is 9.78 Å². The van der Waals surface area contributed by atoms with Crippen molar-refractivity contribution in [2.75, 3.05) is 0 Å². The Hall–Kier alpha value is -1.39. The Morgan fingerprint density at radius 3 is 2.74 bits per heavy atom. The van der Waals surface area contributed by atoms with E-state index >= 15 is 0 Å². The summed E-state index contributed by atoms with van der Waals surface area (Å²) >= 11 is 0. The van der Waals surface area contributed by atoms with Gasteiger partial charge in [-0.15, -0.1) is 0 Å². The van der Waals surface area contributed by atoms with Crippen LogP contribution in [0, 0.1) is 5.92 Å². The molecule has 0 amide bonds. The minimum Gasteiger partial charge on any atom is -0.390 e. The van der Waals surface area contributed by atoms with Gasteiger partial charge in [0.25, 0.3) is 0 Å². The van der Waals surface area contributed by atoms with Crippen LogP contribution in [0.25, 0.3) is 10.9 Å². The monoisotopic (exact) mass is 260 g/mol. The van der Waals surface area contributed by atoms with Crippen LogP contribution >= 0.6 is 0 Å². The van der Waals surface area contributed by atoms with Gasteiger partial charge in [-0.25, -0.2) is 0 Å². The Bertz CT molecular complexity index is 575. The average Bonchev–Trinajstić information content (AvgIpc) is 3.22. The van der Waals surface area contributed by atoms with Crippen LogP contribution in [0.15, 0.2) is 24.3 Å². The Labute approximate surface area is 112 Å². The molecule has 3 rings (SSSR count). The summed E-state index contributed by atoms with van der Waals surface area (Å²) in [6.07, 6.45) is 1.16. The van der Waals surface area contributed by atoms with Gasteiger partial charge in [0.15, 0.2) is 0 Å². The molecule has 4 heteroatoms. The van der Waals surface area contributed by atoms with Crippen LogP contribution in [0.1, 0.15) is 25.5 Å². The van der Waals surface area contributed by atoms with Gasteiger partial charge in [-0.05, 0) is 31.7 Å². The molecule has 2 unspecified atom stereocenters. The van der Waals surface area contributed by atoms with Crippen molar-refractivity contribution >= 4 is 10.9 Å². The van der Waals surface area contributed by atoms with Crippen molar-refractivity contribution in [3.63, 3.8) is 0 Å². The number of aliphatic hydroxyl groups is 2.